The topological polar surface area (TPSA) is 88.2 Å². The number of amides is 1. The highest BCUT2D eigenvalue weighted by atomic mass is 16.5. The van der Waals surface area contributed by atoms with Gasteiger partial charge in [-0.05, 0) is 49.3 Å². The third kappa shape index (κ3) is 2.20. The van der Waals surface area contributed by atoms with Crippen LogP contribution in [0.15, 0.2) is 29.3 Å². The molecule has 1 saturated heterocycles. The maximum Gasteiger partial charge on any atom is 0.262 e. The van der Waals surface area contributed by atoms with Gasteiger partial charge in [-0.2, -0.15) is 0 Å². The van der Waals surface area contributed by atoms with Crippen LogP contribution < -0.4 is 5.73 Å². The van der Waals surface area contributed by atoms with Gasteiger partial charge in [0.05, 0.1) is 0 Å². The van der Waals surface area contributed by atoms with Gasteiger partial charge in [-0.25, -0.2) is 4.99 Å². The molecule has 1 amide bonds. The van der Waals surface area contributed by atoms with Crippen molar-refractivity contribution >= 4 is 11.9 Å². The van der Waals surface area contributed by atoms with Crippen LogP contribution in [0.5, 0.6) is 5.75 Å². The van der Waals surface area contributed by atoms with Gasteiger partial charge in [0.2, 0.25) is 0 Å². The lowest BCUT2D eigenvalue weighted by Crippen LogP contribution is -2.50. The summed E-state index contributed by atoms with van der Waals surface area (Å²) in [4.78, 5) is 19.7. The molecule has 1 aromatic rings. The first-order chi connectivity index (χ1) is 11.1. The van der Waals surface area contributed by atoms with E-state index in [2.05, 4.69) is 4.99 Å². The number of nitrogens with zero attached hydrogens (tertiary/aromatic N) is 2. The molecule has 0 bridgehead atoms. The van der Waals surface area contributed by atoms with E-state index in [0.29, 0.717) is 19.2 Å². The lowest BCUT2D eigenvalue weighted by Gasteiger charge is -2.33. The second-order valence-electron chi connectivity index (χ2n) is 6.58. The normalized spacial score (nSPS) is 29.0. The molecule has 0 aromatic heterocycles. The molecule has 122 valence electrons. The van der Waals surface area contributed by atoms with Gasteiger partial charge in [0.1, 0.15) is 5.75 Å². The largest absolute Gasteiger partial charge is 0.508 e. The first-order valence-electron chi connectivity index (χ1n) is 8.19. The highest BCUT2D eigenvalue weighted by molar-refractivity contribution is 6.08. The number of aromatic hydroxyl groups is 1. The molecular weight excluding hydrogens is 294 g/mol. The number of carbonyl (C=O) groups is 1. The maximum absolute atomic E-state index is 13.3. The van der Waals surface area contributed by atoms with Crippen molar-refractivity contribution in [3.8, 4) is 5.75 Å². The molecule has 1 atom stereocenters. The fourth-order valence-corrected chi connectivity index (χ4v) is 3.80. The van der Waals surface area contributed by atoms with Gasteiger partial charge in [0.15, 0.2) is 11.5 Å². The number of hydrogen-bond acceptors (Lipinski definition) is 5. The van der Waals surface area contributed by atoms with Crippen molar-refractivity contribution in [3.05, 3.63) is 29.8 Å². The molecule has 0 radical (unpaired) electrons. The van der Waals surface area contributed by atoms with Gasteiger partial charge in [-0.15, -0.1) is 0 Å². The summed E-state index contributed by atoms with van der Waals surface area (Å²) in [5.41, 5.74) is 5.95. The maximum atomic E-state index is 13.3. The van der Waals surface area contributed by atoms with Crippen molar-refractivity contribution in [1.29, 1.82) is 0 Å². The number of aliphatic imine (C=N–C) groups is 1. The first kappa shape index (κ1) is 14.5. The Bertz CT molecular complexity index is 665. The first-order valence-corrected chi connectivity index (χ1v) is 8.19. The number of guanidine groups is 1. The molecule has 6 nitrogen and oxygen atoms in total. The average Bonchev–Trinajstić information content (AvgIpc) is 3.35. The minimum atomic E-state index is -0.957. The Morgan fingerprint density at radius 3 is 2.65 bits per heavy atom. The lowest BCUT2D eigenvalue weighted by molar-refractivity contribution is -0.135. The zero-order chi connectivity index (χ0) is 16.0. The predicted octanol–water partition coefficient (Wildman–Crippen LogP) is 1.33. The number of hydrogen-bond donors (Lipinski definition) is 2. The summed E-state index contributed by atoms with van der Waals surface area (Å²) >= 11 is 0. The minimum Gasteiger partial charge on any atom is -0.508 e. The number of benzene rings is 1. The number of phenolic OH excluding ortho intramolecular Hbond substituents is 1. The van der Waals surface area contributed by atoms with E-state index in [4.69, 9.17) is 10.5 Å². The van der Waals surface area contributed by atoms with Crippen LogP contribution in [0.2, 0.25) is 0 Å². The van der Waals surface area contributed by atoms with E-state index in [1.807, 2.05) is 6.07 Å². The number of rotatable bonds is 3. The molecule has 2 aliphatic heterocycles. The summed E-state index contributed by atoms with van der Waals surface area (Å²) in [6.07, 6.45) is 3.48. The Labute approximate surface area is 134 Å². The van der Waals surface area contributed by atoms with Crippen molar-refractivity contribution in [2.45, 2.75) is 37.3 Å². The van der Waals surface area contributed by atoms with Crippen molar-refractivity contribution in [1.82, 2.24) is 4.90 Å². The second kappa shape index (κ2) is 5.23. The molecule has 4 rings (SSSR count). The van der Waals surface area contributed by atoms with Crippen LogP contribution >= 0.6 is 0 Å². The molecular formula is C17H21N3O3. The molecule has 3 N–H and O–H groups in total. The monoisotopic (exact) mass is 315 g/mol. The zero-order valence-electron chi connectivity index (χ0n) is 12.9. The highest BCUT2D eigenvalue weighted by Gasteiger charge is 2.59. The van der Waals surface area contributed by atoms with Crippen LogP contribution in [0.4, 0.5) is 0 Å². The highest BCUT2D eigenvalue weighted by Crippen LogP contribution is 2.52. The molecule has 1 saturated carbocycles. The number of nitrogens with two attached hydrogens (primary N) is 1. The summed E-state index contributed by atoms with van der Waals surface area (Å²) < 4.78 is 5.39. The molecule has 0 spiro atoms. The van der Waals surface area contributed by atoms with Crippen molar-refractivity contribution in [3.63, 3.8) is 0 Å². The van der Waals surface area contributed by atoms with E-state index >= 15 is 0 Å². The fraction of sp³-hybridized carbons (Fsp3) is 0.529. The standard InChI is InChI=1S/C17H21N3O3/c18-16-19-17(11-4-5-11,12-2-1-3-14(21)10-12)15(22)20(16)13-6-8-23-9-7-13/h1-3,10-11,13,21H,4-9H2,(H2,18,19). The SMILES string of the molecule is NC1=NC(c2cccc(O)c2)(C2CC2)C(=O)N1C1CCOCC1. The van der Waals surface area contributed by atoms with Crippen molar-refractivity contribution in [2.24, 2.45) is 16.6 Å². The molecule has 1 aromatic carbocycles. The van der Waals surface area contributed by atoms with Gasteiger partial charge in [0, 0.05) is 19.3 Å². The van der Waals surface area contributed by atoms with E-state index in [9.17, 15) is 9.90 Å². The molecule has 1 aliphatic carbocycles. The van der Waals surface area contributed by atoms with E-state index in [-0.39, 0.29) is 23.6 Å². The molecule has 2 fully saturated rings. The molecule has 23 heavy (non-hydrogen) atoms. The lowest BCUT2D eigenvalue weighted by atomic mass is 9.84. The second-order valence-corrected chi connectivity index (χ2v) is 6.58. The van der Waals surface area contributed by atoms with Gasteiger partial charge in [-0.3, -0.25) is 9.69 Å². The number of carbonyl (C=O) groups excluding carboxylic acids is 1. The van der Waals surface area contributed by atoms with Crippen LogP contribution in [0.1, 0.15) is 31.2 Å². The summed E-state index contributed by atoms with van der Waals surface area (Å²) in [5.74, 6) is 0.570. The summed E-state index contributed by atoms with van der Waals surface area (Å²) in [6.45, 7) is 1.29. The van der Waals surface area contributed by atoms with Crippen LogP contribution in [-0.2, 0) is 15.1 Å². The van der Waals surface area contributed by atoms with Crippen LogP contribution in [-0.4, -0.2) is 41.1 Å². The van der Waals surface area contributed by atoms with Crippen LogP contribution in [0, 0.1) is 5.92 Å². The van der Waals surface area contributed by atoms with E-state index in [1.54, 1.807) is 23.1 Å². The van der Waals surface area contributed by atoms with Crippen molar-refractivity contribution < 1.29 is 14.6 Å². The molecule has 6 heteroatoms. The quantitative estimate of drug-likeness (QED) is 0.881. The number of phenols is 1. The Hall–Kier alpha value is -2.08. The van der Waals surface area contributed by atoms with Gasteiger partial charge in [0.25, 0.3) is 5.91 Å². The Balaban J connectivity index is 1.75. The van der Waals surface area contributed by atoms with Crippen molar-refractivity contribution in [2.75, 3.05) is 13.2 Å². The smallest absolute Gasteiger partial charge is 0.262 e. The van der Waals surface area contributed by atoms with Crippen LogP contribution in [0.3, 0.4) is 0 Å². The van der Waals surface area contributed by atoms with E-state index in [1.165, 1.54) is 0 Å². The molecule has 3 aliphatic rings. The Kier molecular flexibility index (Phi) is 3.30. The van der Waals surface area contributed by atoms with Gasteiger partial charge >= 0.3 is 0 Å². The third-order valence-electron chi connectivity index (χ3n) is 5.09. The zero-order valence-corrected chi connectivity index (χ0v) is 12.9. The Morgan fingerprint density at radius 1 is 1.26 bits per heavy atom. The van der Waals surface area contributed by atoms with Gasteiger partial charge < -0.3 is 15.6 Å². The minimum absolute atomic E-state index is 0.0463. The summed E-state index contributed by atoms with van der Waals surface area (Å²) in [6, 6.07) is 6.91. The third-order valence-corrected chi connectivity index (χ3v) is 5.09. The van der Waals surface area contributed by atoms with E-state index < -0.39 is 5.54 Å². The summed E-state index contributed by atoms with van der Waals surface area (Å²) in [7, 11) is 0. The van der Waals surface area contributed by atoms with E-state index in [0.717, 1.165) is 31.2 Å². The fourth-order valence-electron chi connectivity index (χ4n) is 3.80. The van der Waals surface area contributed by atoms with Gasteiger partial charge in [-0.1, -0.05) is 12.1 Å². The Morgan fingerprint density at radius 2 is 2.00 bits per heavy atom. The van der Waals surface area contributed by atoms with Crippen LogP contribution in [0.25, 0.3) is 0 Å². The molecule has 1 unspecified atom stereocenters. The number of ether oxygens (including phenoxy) is 1. The average molecular weight is 315 g/mol. The summed E-state index contributed by atoms with van der Waals surface area (Å²) in [5, 5.41) is 9.84. The molecule has 2 heterocycles. The predicted molar refractivity (Wildman–Crippen MR) is 84.8 cm³/mol.